The summed E-state index contributed by atoms with van der Waals surface area (Å²) in [7, 11) is 1.83. The van der Waals surface area contributed by atoms with Gasteiger partial charge in [-0.1, -0.05) is 25.5 Å². The van der Waals surface area contributed by atoms with Crippen molar-refractivity contribution in [1.82, 2.24) is 9.78 Å². The summed E-state index contributed by atoms with van der Waals surface area (Å²) >= 11 is 0. The molecule has 2 aromatic rings. The van der Waals surface area contributed by atoms with E-state index in [0.29, 0.717) is 29.7 Å². The van der Waals surface area contributed by atoms with Crippen LogP contribution >= 0.6 is 0 Å². The molecule has 2 N–H and O–H groups in total. The molecule has 0 saturated heterocycles. The molecule has 20 heavy (non-hydrogen) atoms. The standard InChI is InChI=1S/C15H21N3O2/c1-4-8-11-14(16)15(18(3)17-11)20-13-10-7-6-9-12(13)19-5-2/h6-7,9-10H,4-5,8,16H2,1-3H3. The van der Waals surface area contributed by atoms with Crippen LogP contribution in [-0.2, 0) is 13.5 Å². The Bertz CT molecular complexity index is 578. The van der Waals surface area contributed by atoms with Crippen molar-refractivity contribution in [2.24, 2.45) is 7.05 Å². The monoisotopic (exact) mass is 275 g/mol. The van der Waals surface area contributed by atoms with Gasteiger partial charge >= 0.3 is 0 Å². The molecule has 5 heteroatoms. The van der Waals surface area contributed by atoms with Crippen LogP contribution in [0, 0.1) is 0 Å². The van der Waals surface area contributed by atoms with E-state index in [0.717, 1.165) is 18.5 Å². The molecule has 0 fully saturated rings. The number of anilines is 1. The molecule has 1 aromatic heterocycles. The minimum Gasteiger partial charge on any atom is -0.490 e. The molecular weight excluding hydrogens is 254 g/mol. The van der Waals surface area contributed by atoms with Crippen molar-refractivity contribution < 1.29 is 9.47 Å². The first-order valence-corrected chi connectivity index (χ1v) is 6.88. The van der Waals surface area contributed by atoms with Crippen LogP contribution < -0.4 is 15.2 Å². The molecule has 0 aliphatic rings. The van der Waals surface area contributed by atoms with Crippen molar-refractivity contribution in [3.05, 3.63) is 30.0 Å². The summed E-state index contributed by atoms with van der Waals surface area (Å²) in [6, 6.07) is 7.54. The van der Waals surface area contributed by atoms with Gasteiger partial charge in [0.05, 0.1) is 12.3 Å². The molecule has 108 valence electrons. The van der Waals surface area contributed by atoms with Gasteiger partial charge in [-0.2, -0.15) is 5.10 Å². The predicted octanol–water partition coefficient (Wildman–Crippen LogP) is 3.15. The molecule has 5 nitrogen and oxygen atoms in total. The Hall–Kier alpha value is -2.17. The lowest BCUT2D eigenvalue weighted by atomic mass is 10.2. The third-order valence-corrected chi connectivity index (χ3v) is 2.95. The average Bonchev–Trinajstić information content (AvgIpc) is 2.69. The zero-order chi connectivity index (χ0) is 14.5. The van der Waals surface area contributed by atoms with Gasteiger partial charge in [0, 0.05) is 7.05 Å². The number of nitrogen functional groups attached to an aromatic ring is 1. The molecule has 0 unspecified atom stereocenters. The summed E-state index contributed by atoms with van der Waals surface area (Å²) < 4.78 is 13.1. The van der Waals surface area contributed by atoms with E-state index in [4.69, 9.17) is 15.2 Å². The highest BCUT2D eigenvalue weighted by atomic mass is 16.5. The van der Waals surface area contributed by atoms with Gasteiger partial charge in [0.1, 0.15) is 5.69 Å². The third-order valence-electron chi connectivity index (χ3n) is 2.95. The van der Waals surface area contributed by atoms with Gasteiger partial charge in [-0.15, -0.1) is 0 Å². The second-order valence-electron chi connectivity index (χ2n) is 4.52. The first-order chi connectivity index (χ1) is 9.67. The van der Waals surface area contributed by atoms with Crippen LogP contribution in [0.3, 0.4) is 0 Å². The molecule has 0 saturated carbocycles. The lowest BCUT2D eigenvalue weighted by Crippen LogP contribution is -1.99. The van der Waals surface area contributed by atoms with Gasteiger partial charge < -0.3 is 15.2 Å². The van der Waals surface area contributed by atoms with E-state index < -0.39 is 0 Å². The molecule has 2 rings (SSSR count). The van der Waals surface area contributed by atoms with Crippen molar-refractivity contribution >= 4 is 5.69 Å². The SMILES string of the molecule is CCCc1nn(C)c(Oc2ccccc2OCC)c1N. The van der Waals surface area contributed by atoms with Gasteiger partial charge in [-0.05, 0) is 25.5 Å². The first-order valence-electron chi connectivity index (χ1n) is 6.88. The highest BCUT2D eigenvalue weighted by Crippen LogP contribution is 2.35. The Morgan fingerprint density at radius 1 is 1.20 bits per heavy atom. The van der Waals surface area contributed by atoms with E-state index in [-0.39, 0.29) is 0 Å². The molecule has 0 bridgehead atoms. The minimum absolute atomic E-state index is 0.556. The zero-order valence-electron chi connectivity index (χ0n) is 12.2. The fraction of sp³-hybridized carbons (Fsp3) is 0.400. The van der Waals surface area contributed by atoms with Gasteiger partial charge in [0.25, 0.3) is 0 Å². The van der Waals surface area contributed by atoms with Crippen LogP contribution in [0.5, 0.6) is 17.4 Å². The van der Waals surface area contributed by atoms with Gasteiger partial charge in [0.15, 0.2) is 11.5 Å². The Morgan fingerprint density at radius 2 is 1.90 bits per heavy atom. The van der Waals surface area contributed by atoms with Crippen LogP contribution in [0.4, 0.5) is 5.69 Å². The summed E-state index contributed by atoms with van der Waals surface area (Å²) in [5.41, 5.74) is 7.58. The quantitative estimate of drug-likeness (QED) is 0.879. The van der Waals surface area contributed by atoms with Crippen LogP contribution in [0.15, 0.2) is 24.3 Å². The van der Waals surface area contributed by atoms with Crippen molar-refractivity contribution in [2.75, 3.05) is 12.3 Å². The minimum atomic E-state index is 0.556. The highest BCUT2D eigenvalue weighted by Gasteiger charge is 2.16. The smallest absolute Gasteiger partial charge is 0.241 e. The number of ether oxygens (including phenoxy) is 2. The number of nitrogens with two attached hydrogens (primary N) is 1. The Labute approximate surface area is 119 Å². The Morgan fingerprint density at radius 3 is 2.55 bits per heavy atom. The van der Waals surface area contributed by atoms with Crippen LogP contribution in [0.2, 0.25) is 0 Å². The normalized spacial score (nSPS) is 10.6. The molecule has 1 aromatic carbocycles. The highest BCUT2D eigenvalue weighted by molar-refractivity contribution is 5.55. The number of aromatic nitrogens is 2. The van der Waals surface area contributed by atoms with Gasteiger partial charge in [-0.25, -0.2) is 4.68 Å². The number of hydrogen-bond acceptors (Lipinski definition) is 4. The van der Waals surface area contributed by atoms with Crippen molar-refractivity contribution in [3.63, 3.8) is 0 Å². The number of para-hydroxylation sites is 2. The maximum Gasteiger partial charge on any atom is 0.241 e. The summed E-state index contributed by atoms with van der Waals surface area (Å²) in [6.45, 7) is 4.62. The van der Waals surface area contributed by atoms with Crippen molar-refractivity contribution in [2.45, 2.75) is 26.7 Å². The van der Waals surface area contributed by atoms with Crippen LogP contribution in [0.1, 0.15) is 26.0 Å². The largest absolute Gasteiger partial charge is 0.490 e. The number of hydrogen-bond donors (Lipinski definition) is 1. The van der Waals surface area contributed by atoms with Crippen LogP contribution in [0.25, 0.3) is 0 Å². The molecule has 0 aliphatic carbocycles. The average molecular weight is 275 g/mol. The molecule has 0 aliphatic heterocycles. The molecule has 1 heterocycles. The van der Waals surface area contributed by atoms with E-state index >= 15 is 0 Å². The second-order valence-corrected chi connectivity index (χ2v) is 4.52. The van der Waals surface area contributed by atoms with Crippen molar-refractivity contribution in [1.29, 1.82) is 0 Å². The maximum atomic E-state index is 6.11. The lowest BCUT2D eigenvalue weighted by Gasteiger charge is -2.11. The van der Waals surface area contributed by atoms with Crippen LogP contribution in [-0.4, -0.2) is 16.4 Å². The van der Waals surface area contributed by atoms with Gasteiger partial charge in [-0.3, -0.25) is 0 Å². The Kier molecular flexibility index (Phi) is 4.50. The fourth-order valence-corrected chi connectivity index (χ4v) is 2.03. The molecule has 0 amide bonds. The summed E-state index contributed by atoms with van der Waals surface area (Å²) in [5.74, 6) is 1.90. The van der Waals surface area contributed by atoms with E-state index in [9.17, 15) is 0 Å². The Balaban J connectivity index is 2.30. The lowest BCUT2D eigenvalue weighted by molar-refractivity contribution is 0.317. The van der Waals surface area contributed by atoms with E-state index in [1.165, 1.54) is 0 Å². The fourth-order valence-electron chi connectivity index (χ4n) is 2.03. The first kappa shape index (κ1) is 14.2. The summed E-state index contributed by atoms with van der Waals surface area (Å²) in [6.07, 6.45) is 1.84. The zero-order valence-corrected chi connectivity index (χ0v) is 12.2. The van der Waals surface area contributed by atoms with E-state index in [1.54, 1.807) is 4.68 Å². The topological polar surface area (TPSA) is 62.3 Å². The number of aryl methyl sites for hydroxylation is 2. The van der Waals surface area contributed by atoms with E-state index in [1.807, 2.05) is 38.2 Å². The molecular formula is C15H21N3O2. The molecule has 0 radical (unpaired) electrons. The summed E-state index contributed by atoms with van der Waals surface area (Å²) in [5, 5.41) is 4.40. The molecule has 0 spiro atoms. The van der Waals surface area contributed by atoms with Gasteiger partial charge in [0.2, 0.25) is 5.88 Å². The number of benzene rings is 1. The number of nitrogens with zero attached hydrogens (tertiary/aromatic N) is 2. The summed E-state index contributed by atoms with van der Waals surface area (Å²) in [4.78, 5) is 0. The number of rotatable bonds is 6. The second kappa shape index (κ2) is 6.32. The van der Waals surface area contributed by atoms with Crippen molar-refractivity contribution in [3.8, 4) is 17.4 Å². The maximum absolute atomic E-state index is 6.11. The van der Waals surface area contributed by atoms with E-state index in [2.05, 4.69) is 12.0 Å². The third kappa shape index (κ3) is 2.87. The molecule has 0 atom stereocenters. The predicted molar refractivity (Wildman–Crippen MR) is 79.3 cm³/mol.